The average Bonchev–Trinajstić information content (AvgIpc) is 2.49. The number of nitrogens with zero attached hydrogens (tertiary/aromatic N) is 2. The number of hydrogen-bond acceptors (Lipinski definition) is 4. The van der Waals surface area contributed by atoms with Crippen LogP contribution in [0.3, 0.4) is 0 Å². The van der Waals surface area contributed by atoms with Crippen LogP contribution in [0.1, 0.15) is 16.7 Å². The number of hydrogen-bond donors (Lipinski definition) is 2. The SMILES string of the molecule is COc1ccc(C)cc1Cn1cccc(/C(N)=N/O)c1=O. The summed E-state index contributed by atoms with van der Waals surface area (Å²) in [7, 11) is 1.59. The molecule has 6 nitrogen and oxygen atoms in total. The van der Waals surface area contributed by atoms with Crippen LogP contribution < -0.4 is 16.0 Å². The van der Waals surface area contributed by atoms with Gasteiger partial charge in [-0.1, -0.05) is 22.9 Å². The van der Waals surface area contributed by atoms with E-state index in [1.54, 1.807) is 19.4 Å². The fraction of sp³-hybridized carbons (Fsp3) is 0.200. The summed E-state index contributed by atoms with van der Waals surface area (Å²) in [4.78, 5) is 12.3. The van der Waals surface area contributed by atoms with E-state index in [0.717, 1.165) is 11.1 Å². The van der Waals surface area contributed by atoms with Crippen molar-refractivity contribution >= 4 is 5.84 Å². The molecule has 0 fully saturated rings. The molecule has 0 atom stereocenters. The van der Waals surface area contributed by atoms with Crippen LogP contribution in [0.25, 0.3) is 0 Å². The first kappa shape index (κ1) is 14.6. The first-order valence-corrected chi connectivity index (χ1v) is 6.37. The highest BCUT2D eigenvalue weighted by atomic mass is 16.5. The first-order chi connectivity index (χ1) is 10.1. The molecule has 1 aromatic heterocycles. The zero-order valence-corrected chi connectivity index (χ0v) is 11.9. The Hall–Kier alpha value is -2.76. The maximum atomic E-state index is 12.3. The molecule has 1 aromatic carbocycles. The number of ether oxygens (including phenoxy) is 1. The maximum absolute atomic E-state index is 12.3. The van der Waals surface area contributed by atoms with Gasteiger partial charge in [0.1, 0.15) is 5.75 Å². The second kappa shape index (κ2) is 6.13. The Bertz CT molecular complexity index is 735. The van der Waals surface area contributed by atoms with Crippen molar-refractivity contribution in [2.45, 2.75) is 13.5 Å². The minimum absolute atomic E-state index is 0.159. The molecule has 2 aromatic rings. The normalized spacial score (nSPS) is 11.4. The summed E-state index contributed by atoms with van der Waals surface area (Å²) in [6, 6.07) is 8.96. The third kappa shape index (κ3) is 3.05. The number of amidine groups is 1. The number of oxime groups is 1. The molecular weight excluding hydrogens is 270 g/mol. The van der Waals surface area contributed by atoms with Gasteiger partial charge in [0.05, 0.1) is 19.2 Å². The van der Waals surface area contributed by atoms with Gasteiger partial charge >= 0.3 is 0 Å². The predicted molar refractivity (Wildman–Crippen MR) is 80.0 cm³/mol. The van der Waals surface area contributed by atoms with E-state index in [2.05, 4.69) is 5.16 Å². The number of pyridine rings is 1. The van der Waals surface area contributed by atoms with Gasteiger partial charge in [-0.15, -0.1) is 0 Å². The summed E-state index contributed by atoms with van der Waals surface area (Å²) < 4.78 is 6.80. The topological polar surface area (TPSA) is 89.8 Å². The summed E-state index contributed by atoms with van der Waals surface area (Å²) in [5, 5.41) is 11.6. The molecule has 0 unspecified atom stereocenters. The van der Waals surface area contributed by atoms with Crippen molar-refractivity contribution < 1.29 is 9.94 Å². The molecule has 2 rings (SSSR count). The van der Waals surface area contributed by atoms with Crippen LogP contribution in [0, 0.1) is 6.92 Å². The van der Waals surface area contributed by atoms with Gasteiger partial charge in [0.15, 0.2) is 5.84 Å². The molecule has 110 valence electrons. The molecule has 0 saturated carbocycles. The van der Waals surface area contributed by atoms with Crippen molar-refractivity contribution in [2.75, 3.05) is 7.11 Å². The van der Waals surface area contributed by atoms with E-state index in [1.807, 2.05) is 25.1 Å². The van der Waals surface area contributed by atoms with E-state index >= 15 is 0 Å². The molecule has 0 amide bonds. The number of nitrogens with two attached hydrogens (primary N) is 1. The fourth-order valence-electron chi connectivity index (χ4n) is 2.12. The summed E-state index contributed by atoms with van der Waals surface area (Å²) in [6.07, 6.45) is 1.65. The van der Waals surface area contributed by atoms with Crippen molar-refractivity contribution in [3.8, 4) is 5.75 Å². The Labute approximate surface area is 122 Å². The Morgan fingerprint density at radius 3 is 2.86 bits per heavy atom. The quantitative estimate of drug-likeness (QED) is 0.384. The molecule has 0 saturated heterocycles. The molecule has 0 bridgehead atoms. The standard InChI is InChI=1S/C15H17N3O3/c1-10-5-6-13(21-2)11(8-10)9-18-7-3-4-12(15(18)19)14(16)17-20/h3-8,20H,9H2,1-2H3,(H2,16,17). The Morgan fingerprint density at radius 1 is 1.43 bits per heavy atom. The van der Waals surface area contributed by atoms with Gasteiger partial charge in [-0.25, -0.2) is 0 Å². The van der Waals surface area contributed by atoms with E-state index in [-0.39, 0.29) is 17.0 Å². The molecular formula is C15H17N3O3. The van der Waals surface area contributed by atoms with Gasteiger partial charge < -0.3 is 20.2 Å². The van der Waals surface area contributed by atoms with E-state index in [1.165, 1.54) is 10.6 Å². The lowest BCUT2D eigenvalue weighted by molar-refractivity contribution is 0.318. The third-order valence-electron chi connectivity index (χ3n) is 3.18. The lowest BCUT2D eigenvalue weighted by Crippen LogP contribution is -2.30. The zero-order valence-electron chi connectivity index (χ0n) is 11.9. The van der Waals surface area contributed by atoms with Crippen LogP contribution in [0.5, 0.6) is 5.75 Å². The van der Waals surface area contributed by atoms with Crippen LogP contribution in [0.4, 0.5) is 0 Å². The van der Waals surface area contributed by atoms with Crippen molar-refractivity contribution in [1.82, 2.24) is 4.57 Å². The number of methoxy groups -OCH3 is 1. The molecule has 6 heteroatoms. The molecule has 0 spiro atoms. The van der Waals surface area contributed by atoms with Crippen LogP contribution in [0.15, 0.2) is 46.5 Å². The number of aryl methyl sites for hydroxylation is 1. The van der Waals surface area contributed by atoms with E-state index in [0.29, 0.717) is 12.3 Å². The maximum Gasteiger partial charge on any atom is 0.261 e. The van der Waals surface area contributed by atoms with E-state index in [9.17, 15) is 4.79 Å². The van der Waals surface area contributed by atoms with Crippen LogP contribution >= 0.6 is 0 Å². The lowest BCUT2D eigenvalue weighted by atomic mass is 10.1. The second-order valence-electron chi connectivity index (χ2n) is 4.66. The highest BCUT2D eigenvalue weighted by Crippen LogP contribution is 2.20. The summed E-state index contributed by atoms with van der Waals surface area (Å²) in [6.45, 7) is 2.31. The van der Waals surface area contributed by atoms with Gasteiger partial charge in [-0.3, -0.25) is 4.79 Å². The molecule has 0 aliphatic heterocycles. The van der Waals surface area contributed by atoms with E-state index < -0.39 is 0 Å². The average molecular weight is 287 g/mol. The van der Waals surface area contributed by atoms with Crippen molar-refractivity contribution in [3.63, 3.8) is 0 Å². The largest absolute Gasteiger partial charge is 0.496 e. The van der Waals surface area contributed by atoms with Crippen LogP contribution in [-0.4, -0.2) is 22.7 Å². The van der Waals surface area contributed by atoms with Crippen molar-refractivity contribution in [3.05, 3.63) is 63.6 Å². The predicted octanol–water partition coefficient (Wildman–Crippen LogP) is 1.31. The van der Waals surface area contributed by atoms with Gasteiger partial charge in [-0.05, 0) is 25.1 Å². The Kier molecular flexibility index (Phi) is 4.27. The molecule has 0 radical (unpaired) electrons. The van der Waals surface area contributed by atoms with Gasteiger partial charge in [0.2, 0.25) is 0 Å². The molecule has 1 heterocycles. The van der Waals surface area contributed by atoms with Crippen LogP contribution in [-0.2, 0) is 6.54 Å². The third-order valence-corrected chi connectivity index (χ3v) is 3.18. The Balaban J connectivity index is 2.46. The highest BCUT2D eigenvalue weighted by molar-refractivity contribution is 5.96. The minimum atomic E-state index is -0.323. The zero-order chi connectivity index (χ0) is 15.4. The number of benzene rings is 1. The van der Waals surface area contributed by atoms with E-state index in [4.69, 9.17) is 15.7 Å². The fourth-order valence-corrected chi connectivity index (χ4v) is 2.12. The summed E-state index contributed by atoms with van der Waals surface area (Å²) in [5.74, 6) is 0.507. The smallest absolute Gasteiger partial charge is 0.261 e. The molecule has 3 N–H and O–H groups in total. The molecule has 21 heavy (non-hydrogen) atoms. The van der Waals surface area contributed by atoms with Crippen molar-refractivity contribution in [1.29, 1.82) is 0 Å². The Morgan fingerprint density at radius 2 is 2.19 bits per heavy atom. The number of rotatable bonds is 4. The van der Waals surface area contributed by atoms with Crippen LogP contribution in [0.2, 0.25) is 0 Å². The van der Waals surface area contributed by atoms with Gasteiger partial charge in [0, 0.05) is 11.8 Å². The first-order valence-electron chi connectivity index (χ1n) is 6.37. The second-order valence-corrected chi connectivity index (χ2v) is 4.66. The number of aromatic nitrogens is 1. The lowest BCUT2D eigenvalue weighted by Gasteiger charge is -2.12. The minimum Gasteiger partial charge on any atom is -0.496 e. The van der Waals surface area contributed by atoms with Gasteiger partial charge in [0.25, 0.3) is 5.56 Å². The summed E-state index contributed by atoms with van der Waals surface area (Å²) in [5.41, 5.74) is 7.30. The van der Waals surface area contributed by atoms with Crippen molar-refractivity contribution in [2.24, 2.45) is 10.9 Å². The molecule has 0 aliphatic rings. The monoisotopic (exact) mass is 287 g/mol. The molecule has 0 aliphatic carbocycles. The van der Waals surface area contributed by atoms with Gasteiger partial charge in [-0.2, -0.15) is 0 Å². The highest BCUT2D eigenvalue weighted by Gasteiger charge is 2.10. The summed E-state index contributed by atoms with van der Waals surface area (Å²) >= 11 is 0.